The Morgan fingerprint density at radius 1 is 1.43 bits per heavy atom. The summed E-state index contributed by atoms with van der Waals surface area (Å²) in [5.41, 5.74) is -0.531. The summed E-state index contributed by atoms with van der Waals surface area (Å²) in [6.07, 6.45) is -0.296. The molecule has 0 saturated carbocycles. The van der Waals surface area contributed by atoms with Crippen LogP contribution in [0.5, 0.6) is 0 Å². The van der Waals surface area contributed by atoms with Crippen molar-refractivity contribution in [1.29, 1.82) is 0 Å². The fraction of sp³-hybridized carbons (Fsp3) is 0.556. The molecule has 0 aromatic heterocycles. The first-order chi connectivity index (χ1) is 6.39. The maximum atomic E-state index is 12.3. The van der Waals surface area contributed by atoms with Gasteiger partial charge in [0.1, 0.15) is 5.44 Å². The van der Waals surface area contributed by atoms with Crippen molar-refractivity contribution in [3.8, 4) is 0 Å². The SMILES string of the molecule is CC(C)OC1C=CC=C(C(F)(F)F)S1. The van der Waals surface area contributed by atoms with Crippen molar-refractivity contribution in [3.63, 3.8) is 0 Å². The molecule has 1 unspecified atom stereocenters. The summed E-state index contributed by atoms with van der Waals surface area (Å²) in [5, 5.41) is 0. The second-order valence-electron chi connectivity index (χ2n) is 3.08. The Balaban J connectivity index is 2.60. The van der Waals surface area contributed by atoms with Crippen LogP contribution in [0.25, 0.3) is 0 Å². The Morgan fingerprint density at radius 3 is 2.57 bits per heavy atom. The van der Waals surface area contributed by atoms with E-state index in [0.717, 1.165) is 6.08 Å². The standard InChI is InChI=1S/C9H11F3OS/c1-6(2)13-8-5-3-4-7(14-8)9(10,11)12/h3-6,8H,1-2H3. The number of ether oxygens (including phenoxy) is 1. The molecule has 0 N–H and O–H groups in total. The van der Waals surface area contributed by atoms with Gasteiger partial charge in [0, 0.05) is 0 Å². The molecule has 0 aromatic rings. The molecule has 0 aliphatic carbocycles. The highest BCUT2D eigenvalue weighted by atomic mass is 32.2. The van der Waals surface area contributed by atoms with Gasteiger partial charge in [-0.05, 0) is 26.0 Å². The predicted molar refractivity (Wildman–Crippen MR) is 50.9 cm³/mol. The van der Waals surface area contributed by atoms with Crippen LogP contribution < -0.4 is 0 Å². The Labute approximate surface area is 85.0 Å². The molecule has 0 aromatic carbocycles. The first-order valence-electron chi connectivity index (χ1n) is 4.17. The monoisotopic (exact) mass is 224 g/mol. The highest BCUT2D eigenvalue weighted by molar-refractivity contribution is 8.03. The van der Waals surface area contributed by atoms with E-state index >= 15 is 0 Å². The topological polar surface area (TPSA) is 9.23 Å². The zero-order chi connectivity index (χ0) is 10.8. The third-order valence-electron chi connectivity index (χ3n) is 1.44. The summed E-state index contributed by atoms with van der Waals surface area (Å²) in [5.74, 6) is 0. The van der Waals surface area contributed by atoms with E-state index in [-0.39, 0.29) is 6.10 Å². The average Bonchev–Trinajstić information content (AvgIpc) is 2.01. The summed E-state index contributed by atoms with van der Waals surface area (Å²) in [7, 11) is 0. The molecule has 14 heavy (non-hydrogen) atoms. The highest BCUT2D eigenvalue weighted by Gasteiger charge is 2.36. The average molecular weight is 224 g/mol. The summed E-state index contributed by atoms with van der Waals surface area (Å²) in [6, 6.07) is 0. The maximum Gasteiger partial charge on any atom is 0.422 e. The quantitative estimate of drug-likeness (QED) is 0.710. The number of thioether (sulfide) groups is 1. The molecule has 0 amide bonds. The number of alkyl halides is 3. The van der Waals surface area contributed by atoms with Gasteiger partial charge >= 0.3 is 6.18 Å². The van der Waals surface area contributed by atoms with E-state index in [1.165, 1.54) is 6.08 Å². The number of halogens is 3. The van der Waals surface area contributed by atoms with Crippen LogP contribution in [-0.2, 0) is 4.74 Å². The molecular weight excluding hydrogens is 213 g/mol. The smallest absolute Gasteiger partial charge is 0.360 e. The van der Waals surface area contributed by atoms with Crippen molar-refractivity contribution in [3.05, 3.63) is 23.1 Å². The van der Waals surface area contributed by atoms with Gasteiger partial charge in [-0.1, -0.05) is 17.8 Å². The number of hydrogen-bond donors (Lipinski definition) is 0. The van der Waals surface area contributed by atoms with Crippen LogP contribution in [0.1, 0.15) is 13.8 Å². The van der Waals surface area contributed by atoms with E-state index < -0.39 is 16.5 Å². The van der Waals surface area contributed by atoms with Crippen LogP contribution in [0.3, 0.4) is 0 Å². The van der Waals surface area contributed by atoms with Gasteiger partial charge in [0.15, 0.2) is 0 Å². The first-order valence-corrected chi connectivity index (χ1v) is 5.05. The highest BCUT2D eigenvalue weighted by Crippen LogP contribution is 2.39. The Morgan fingerprint density at radius 2 is 2.07 bits per heavy atom. The summed E-state index contributed by atoms with van der Waals surface area (Å²) < 4.78 is 42.1. The van der Waals surface area contributed by atoms with Crippen LogP contribution >= 0.6 is 11.8 Å². The number of hydrogen-bond acceptors (Lipinski definition) is 2. The van der Waals surface area contributed by atoms with Gasteiger partial charge in [0.2, 0.25) is 0 Å². The van der Waals surface area contributed by atoms with Crippen molar-refractivity contribution < 1.29 is 17.9 Å². The minimum atomic E-state index is -4.27. The predicted octanol–water partition coefficient (Wildman–Crippen LogP) is 3.49. The first kappa shape index (κ1) is 11.7. The molecule has 0 fully saturated rings. The summed E-state index contributed by atoms with van der Waals surface area (Å²) in [6.45, 7) is 3.58. The minimum Gasteiger partial charge on any atom is -0.360 e. The molecule has 1 heterocycles. The van der Waals surface area contributed by atoms with Crippen LogP contribution in [0.2, 0.25) is 0 Å². The summed E-state index contributed by atoms with van der Waals surface area (Å²) in [4.78, 5) is -0.606. The van der Waals surface area contributed by atoms with Gasteiger partial charge in [-0.25, -0.2) is 0 Å². The third kappa shape index (κ3) is 3.38. The van der Waals surface area contributed by atoms with Crippen molar-refractivity contribution in [2.24, 2.45) is 0 Å². The van der Waals surface area contributed by atoms with Gasteiger partial charge in [-0.15, -0.1) is 0 Å². The molecule has 0 radical (unpaired) electrons. The largest absolute Gasteiger partial charge is 0.422 e. The zero-order valence-electron chi connectivity index (χ0n) is 7.84. The lowest BCUT2D eigenvalue weighted by Gasteiger charge is -2.21. The van der Waals surface area contributed by atoms with E-state index in [2.05, 4.69) is 0 Å². The minimum absolute atomic E-state index is 0.0790. The van der Waals surface area contributed by atoms with Crippen molar-refractivity contribution in [2.75, 3.05) is 0 Å². The molecular formula is C9H11F3OS. The van der Waals surface area contributed by atoms with E-state index in [0.29, 0.717) is 11.8 Å². The van der Waals surface area contributed by atoms with Crippen molar-refractivity contribution in [2.45, 2.75) is 31.6 Å². The van der Waals surface area contributed by atoms with Gasteiger partial charge in [0.05, 0.1) is 11.0 Å². The lowest BCUT2D eigenvalue weighted by molar-refractivity contribution is -0.0840. The van der Waals surface area contributed by atoms with Crippen LogP contribution in [0.4, 0.5) is 13.2 Å². The molecule has 1 aliphatic rings. The Hall–Kier alpha value is -0.420. The van der Waals surface area contributed by atoms with E-state index in [1.54, 1.807) is 19.9 Å². The van der Waals surface area contributed by atoms with Gasteiger partial charge in [0.25, 0.3) is 0 Å². The molecule has 1 nitrogen and oxygen atoms in total. The lowest BCUT2D eigenvalue weighted by Crippen LogP contribution is -2.18. The summed E-state index contributed by atoms with van der Waals surface area (Å²) >= 11 is 0.694. The fourth-order valence-electron chi connectivity index (χ4n) is 0.940. The second-order valence-corrected chi connectivity index (χ2v) is 4.22. The molecule has 0 spiro atoms. The van der Waals surface area contributed by atoms with Gasteiger partial charge in [-0.2, -0.15) is 13.2 Å². The van der Waals surface area contributed by atoms with Crippen LogP contribution in [0, 0.1) is 0 Å². The number of allylic oxidation sites excluding steroid dienone is 3. The Kier molecular flexibility index (Phi) is 3.66. The molecule has 0 bridgehead atoms. The van der Waals surface area contributed by atoms with Crippen molar-refractivity contribution >= 4 is 11.8 Å². The molecule has 0 saturated heterocycles. The normalized spacial score (nSPS) is 22.7. The molecule has 5 heteroatoms. The van der Waals surface area contributed by atoms with E-state index in [9.17, 15) is 13.2 Å². The second kappa shape index (κ2) is 4.40. The number of rotatable bonds is 2. The third-order valence-corrected chi connectivity index (χ3v) is 2.57. The van der Waals surface area contributed by atoms with Crippen LogP contribution in [-0.4, -0.2) is 17.7 Å². The molecule has 80 valence electrons. The van der Waals surface area contributed by atoms with Gasteiger partial charge in [-0.3, -0.25) is 0 Å². The maximum absolute atomic E-state index is 12.3. The van der Waals surface area contributed by atoms with E-state index in [1.807, 2.05) is 0 Å². The zero-order valence-corrected chi connectivity index (χ0v) is 8.65. The molecule has 1 rings (SSSR count). The molecule has 1 aliphatic heterocycles. The fourth-order valence-corrected chi connectivity index (χ4v) is 1.93. The lowest BCUT2D eigenvalue weighted by atomic mass is 10.4. The Bertz CT molecular complexity index is 255. The van der Waals surface area contributed by atoms with Crippen molar-refractivity contribution in [1.82, 2.24) is 0 Å². The molecule has 1 atom stereocenters. The van der Waals surface area contributed by atoms with E-state index in [4.69, 9.17) is 4.74 Å². The van der Waals surface area contributed by atoms with Crippen LogP contribution in [0.15, 0.2) is 23.1 Å². The van der Waals surface area contributed by atoms with Gasteiger partial charge < -0.3 is 4.74 Å².